The largest absolute Gasteiger partial charge is 0.444 e. The quantitative estimate of drug-likeness (QED) is 0.225. The highest BCUT2D eigenvalue weighted by Crippen LogP contribution is 2.13. The third-order valence-corrected chi connectivity index (χ3v) is 4.63. The number of amidine groups is 1. The number of carbonyl (C=O) groups is 1. The van der Waals surface area contributed by atoms with E-state index in [1.807, 2.05) is 20.8 Å². The van der Waals surface area contributed by atoms with E-state index < -0.39 is 17.7 Å². The first-order chi connectivity index (χ1) is 13.2. The van der Waals surface area contributed by atoms with Crippen LogP contribution in [0.5, 0.6) is 0 Å². The van der Waals surface area contributed by atoms with Crippen LogP contribution in [0, 0.1) is 5.41 Å². The minimum atomic E-state index is -0.572. The molecular weight excluding hydrogens is 386 g/mol. The standard InChI is InChI=1S/C23H39N3O2.ClH/c1-5-6-7-8-9-10-11-18-12-14-19(15-13-18)16-17-20(21(24)25)26-22(27)28-23(2,3)4;/h12-15,20H,5-11,16-17H2,1-4H3,(H3,24,25)(H,26,27);1H/t20-;/m1./s1. The van der Waals surface area contributed by atoms with Gasteiger partial charge in [-0.2, -0.15) is 0 Å². The number of carbonyl (C=O) groups excluding carboxylic acids is 1. The second kappa shape index (κ2) is 14.3. The predicted molar refractivity (Wildman–Crippen MR) is 124 cm³/mol. The first kappa shape index (κ1) is 27.2. The Hall–Kier alpha value is -1.75. The zero-order valence-corrected chi connectivity index (χ0v) is 19.4. The molecule has 1 atom stereocenters. The normalized spacial score (nSPS) is 12.0. The van der Waals surface area contributed by atoms with Gasteiger partial charge in [-0.1, -0.05) is 63.3 Å². The van der Waals surface area contributed by atoms with Gasteiger partial charge in [-0.05, 0) is 57.6 Å². The van der Waals surface area contributed by atoms with E-state index >= 15 is 0 Å². The van der Waals surface area contributed by atoms with Gasteiger partial charge in [-0.15, -0.1) is 12.4 Å². The molecule has 0 aliphatic rings. The monoisotopic (exact) mass is 425 g/mol. The van der Waals surface area contributed by atoms with Crippen LogP contribution in [0.2, 0.25) is 0 Å². The Balaban J connectivity index is 0.00000784. The number of hydrogen-bond acceptors (Lipinski definition) is 3. The van der Waals surface area contributed by atoms with Crippen LogP contribution in [0.15, 0.2) is 24.3 Å². The van der Waals surface area contributed by atoms with Crippen LogP contribution >= 0.6 is 12.4 Å². The SMILES string of the molecule is CCCCCCCCc1ccc(CC[C@@H](NC(=O)OC(C)(C)C)C(=N)N)cc1.Cl. The van der Waals surface area contributed by atoms with Crippen molar-refractivity contribution in [3.05, 3.63) is 35.4 Å². The zero-order chi connectivity index (χ0) is 21.0. The highest BCUT2D eigenvalue weighted by molar-refractivity contribution is 5.86. The molecule has 166 valence electrons. The van der Waals surface area contributed by atoms with Crippen LogP contribution in [0.25, 0.3) is 0 Å². The van der Waals surface area contributed by atoms with E-state index in [0.29, 0.717) is 6.42 Å². The van der Waals surface area contributed by atoms with Gasteiger partial charge < -0.3 is 15.8 Å². The van der Waals surface area contributed by atoms with Gasteiger partial charge in [0.1, 0.15) is 11.4 Å². The third-order valence-electron chi connectivity index (χ3n) is 4.63. The molecule has 0 saturated carbocycles. The van der Waals surface area contributed by atoms with Gasteiger partial charge in [-0.25, -0.2) is 4.79 Å². The summed E-state index contributed by atoms with van der Waals surface area (Å²) in [7, 11) is 0. The summed E-state index contributed by atoms with van der Waals surface area (Å²) in [5, 5.41) is 10.4. The van der Waals surface area contributed by atoms with E-state index in [1.54, 1.807) is 0 Å². The van der Waals surface area contributed by atoms with Crippen LogP contribution < -0.4 is 11.1 Å². The Bertz CT molecular complexity index is 597. The summed E-state index contributed by atoms with van der Waals surface area (Å²) in [5.74, 6) is -0.0504. The summed E-state index contributed by atoms with van der Waals surface area (Å²) < 4.78 is 5.25. The minimum absolute atomic E-state index is 0. The first-order valence-corrected chi connectivity index (χ1v) is 10.6. The number of rotatable bonds is 12. The van der Waals surface area contributed by atoms with Crippen molar-refractivity contribution < 1.29 is 9.53 Å². The van der Waals surface area contributed by atoms with Gasteiger partial charge >= 0.3 is 6.09 Å². The first-order valence-electron chi connectivity index (χ1n) is 10.6. The fourth-order valence-electron chi connectivity index (χ4n) is 3.05. The van der Waals surface area contributed by atoms with Gasteiger partial charge in [-0.3, -0.25) is 5.41 Å². The lowest BCUT2D eigenvalue weighted by Crippen LogP contribution is -2.46. The molecule has 0 unspecified atom stereocenters. The zero-order valence-electron chi connectivity index (χ0n) is 18.6. The number of nitrogens with two attached hydrogens (primary N) is 1. The summed E-state index contributed by atoms with van der Waals surface area (Å²) in [4.78, 5) is 11.9. The fourth-order valence-corrected chi connectivity index (χ4v) is 3.05. The number of alkyl carbamates (subject to hydrolysis) is 1. The van der Waals surface area contributed by atoms with E-state index in [4.69, 9.17) is 15.9 Å². The molecule has 0 radical (unpaired) electrons. The average Bonchev–Trinajstić information content (AvgIpc) is 2.61. The molecule has 0 heterocycles. The van der Waals surface area contributed by atoms with Crippen LogP contribution in [-0.2, 0) is 17.6 Å². The highest BCUT2D eigenvalue weighted by atomic mass is 35.5. The number of ether oxygens (including phenoxy) is 1. The van der Waals surface area contributed by atoms with Gasteiger partial charge in [0.25, 0.3) is 0 Å². The van der Waals surface area contributed by atoms with E-state index in [1.165, 1.54) is 49.7 Å². The summed E-state index contributed by atoms with van der Waals surface area (Å²) in [5.41, 5.74) is 7.63. The average molecular weight is 426 g/mol. The molecule has 4 N–H and O–H groups in total. The number of benzene rings is 1. The number of amides is 1. The number of hydrogen-bond donors (Lipinski definition) is 3. The molecule has 1 amide bonds. The molecule has 0 aromatic heterocycles. The lowest BCUT2D eigenvalue weighted by atomic mass is 10.0. The molecule has 0 bridgehead atoms. The number of unbranched alkanes of at least 4 members (excludes halogenated alkanes) is 5. The molecule has 0 aliphatic carbocycles. The molecular formula is C23H40ClN3O2. The lowest BCUT2D eigenvalue weighted by molar-refractivity contribution is 0.0516. The molecule has 1 aromatic rings. The van der Waals surface area contributed by atoms with Crippen molar-refractivity contribution in [3.8, 4) is 0 Å². The van der Waals surface area contributed by atoms with Crippen molar-refractivity contribution in [1.82, 2.24) is 5.32 Å². The Kier molecular flexibility index (Phi) is 13.4. The maximum atomic E-state index is 11.9. The van der Waals surface area contributed by atoms with Crippen molar-refractivity contribution in [2.75, 3.05) is 0 Å². The van der Waals surface area contributed by atoms with Gasteiger partial charge in [0.15, 0.2) is 0 Å². The van der Waals surface area contributed by atoms with Crippen LogP contribution in [0.1, 0.15) is 83.8 Å². The summed E-state index contributed by atoms with van der Waals surface area (Å²) >= 11 is 0. The van der Waals surface area contributed by atoms with Crippen LogP contribution in [0.3, 0.4) is 0 Å². The Labute approximate surface area is 183 Å². The summed E-state index contributed by atoms with van der Waals surface area (Å²) in [6.07, 6.45) is 9.78. The van der Waals surface area contributed by atoms with E-state index in [9.17, 15) is 4.79 Å². The molecule has 6 heteroatoms. The van der Waals surface area contributed by atoms with Crippen molar-refractivity contribution >= 4 is 24.3 Å². The molecule has 1 rings (SSSR count). The van der Waals surface area contributed by atoms with Gasteiger partial charge in [0.2, 0.25) is 0 Å². The maximum absolute atomic E-state index is 11.9. The molecule has 5 nitrogen and oxygen atoms in total. The number of halogens is 1. The van der Waals surface area contributed by atoms with Gasteiger partial charge in [0, 0.05) is 0 Å². The molecule has 0 aliphatic heterocycles. The van der Waals surface area contributed by atoms with E-state index in [2.05, 4.69) is 36.5 Å². The smallest absolute Gasteiger partial charge is 0.408 e. The predicted octanol–water partition coefficient (Wildman–Crippen LogP) is 5.77. The second-order valence-corrected chi connectivity index (χ2v) is 8.53. The van der Waals surface area contributed by atoms with Crippen LogP contribution in [0.4, 0.5) is 4.79 Å². The molecule has 29 heavy (non-hydrogen) atoms. The molecule has 0 saturated heterocycles. The second-order valence-electron chi connectivity index (χ2n) is 8.53. The number of aryl methyl sites for hydroxylation is 2. The Morgan fingerprint density at radius 2 is 1.55 bits per heavy atom. The highest BCUT2D eigenvalue weighted by Gasteiger charge is 2.21. The minimum Gasteiger partial charge on any atom is -0.444 e. The topological polar surface area (TPSA) is 88.2 Å². The molecule has 0 fully saturated rings. The van der Waals surface area contributed by atoms with Crippen molar-refractivity contribution in [1.29, 1.82) is 5.41 Å². The maximum Gasteiger partial charge on any atom is 0.408 e. The molecule has 0 spiro atoms. The van der Waals surface area contributed by atoms with Crippen molar-refractivity contribution in [3.63, 3.8) is 0 Å². The third kappa shape index (κ3) is 13.2. The van der Waals surface area contributed by atoms with Crippen molar-refractivity contribution in [2.24, 2.45) is 5.73 Å². The van der Waals surface area contributed by atoms with Crippen molar-refractivity contribution in [2.45, 2.75) is 97.1 Å². The lowest BCUT2D eigenvalue weighted by Gasteiger charge is -2.23. The van der Waals surface area contributed by atoms with E-state index in [0.717, 1.165) is 12.8 Å². The van der Waals surface area contributed by atoms with Gasteiger partial charge in [0.05, 0.1) is 6.04 Å². The van der Waals surface area contributed by atoms with E-state index in [-0.39, 0.29) is 18.2 Å². The Morgan fingerprint density at radius 1 is 1.03 bits per heavy atom. The number of nitrogens with one attached hydrogen (secondary N) is 2. The summed E-state index contributed by atoms with van der Waals surface area (Å²) in [6.45, 7) is 7.67. The molecule has 1 aromatic carbocycles. The van der Waals surface area contributed by atoms with Crippen LogP contribution in [-0.4, -0.2) is 23.6 Å². The summed E-state index contributed by atoms with van der Waals surface area (Å²) in [6, 6.07) is 8.13. The Morgan fingerprint density at radius 3 is 2.07 bits per heavy atom. The fraction of sp³-hybridized carbons (Fsp3) is 0.652.